The molecule has 0 spiro atoms. The minimum absolute atomic E-state index is 0.0424. The molecular formula is C17H21N7O. The second kappa shape index (κ2) is 5.44. The van der Waals surface area contributed by atoms with Gasteiger partial charge in [-0.2, -0.15) is 10.2 Å². The van der Waals surface area contributed by atoms with Gasteiger partial charge < -0.3 is 9.80 Å². The third-order valence-corrected chi connectivity index (χ3v) is 5.34. The molecule has 0 bridgehead atoms. The van der Waals surface area contributed by atoms with Crippen LogP contribution in [0, 0.1) is 0 Å². The van der Waals surface area contributed by atoms with Crippen LogP contribution in [-0.4, -0.2) is 64.1 Å². The van der Waals surface area contributed by atoms with Crippen molar-refractivity contribution >= 4 is 17.5 Å². The van der Waals surface area contributed by atoms with Gasteiger partial charge in [0, 0.05) is 45.3 Å². The van der Waals surface area contributed by atoms with E-state index in [-0.39, 0.29) is 6.03 Å². The third kappa shape index (κ3) is 2.52. The molecule has 8 nitrogen and oxygen atoms in total. The van der Waals surface area contributed by atoms with Crippen molar-refractivity contribution in [3.63, 3.8) is 0 Å². The van der Waals surface area contributed by atoms with Crippen molar-refractivity contribution in [2.75, 3.05) is 43.0 Å². The van der Waals surface area contributed by atoms with Gasteiger partial charge in [0.2, 0.25) is 0 Å². The van der Waals surface area contributed by atoms with Crippen molar-refractivity contribution in [3.05, 3.63) is 30.2 Å². The summed E-state index contributed by atoms with van der Waals surface area (Å²) in [5.74, 6) is 1.57. The first-order chi connectivity index (χ1) is 12.2. The Hall–Kier alpha value is -2.64. The zero-order valence-corrected chi connectivity index (χ0v) is 14.2. The molecule has 130 valence electrons. The first-order valence-corrected chi connectivity index (χ1v) is 8.84. The molecule has 0 N–H and O–H groups in total. The highest BCUT2D eigenvalue weighted by molar-refractivity contribution is 5.93. The molecule has 3 aliphatic rings. The minimum Gasteiger partial charge on any atom is -0.351 e. The van der Waals surface area contributed by atoms with Gasteiger partial charge in [0.25, 0.3) is 0 Å². The first-order valence-electron chi connectivity index (χ1n) is 8.84. The van der Waals surface area contributed by atoms with E-state index in [1.807, 2.05) is 17.9 Å². The van der Waals surface area contributed by atoms with Crippen molar-refractivity contribution in [3.8, 4) is 0 Å². The van der Waals surface area contributed by atoms with Gasteiger partial charge in [-0.15, -0.1) is 5.10 Å². The monoisotopic (exact) mass is 339 g/mol. The summed E-state index contributed by atoms with van der Waals surface area (Å²) in [6.45, 7) is 3.22. The highest BCUT2D eigenvalue weighted by Gasteiger charge is 2.33. The van der Waals surface area contributed by atoms with E-state index in [1.165, 1.54) is 12.8 Å². The molecule has 25 heavy (non-hydrogen) atoms. The Kier molecular flexibility index (Phi) is 3.19. The van der Waals surface area contributed by atoms with Gasteiger partial charge in [-0.05, 0) is 25.0 Å². The topological polar surface area (TPSA) is 70.4 Å². The molecule has 0 aromatic carbocycles. The molecule has 1 saturated carbocycles. The summed E-state index contributed by atoms with van der Waals surface area (Å²) in [6.07, 6.45) is 6.25. The second-order valence-corrected chi connectivity index (χ2v) is 7.18. The molecule has 2 aromatic rings. The lowest BCUT2D eigenvalue weighted by molar-refractivity contribution is 0.229. The fourth-order valence-corrected chi connectivity index (χ4v) is 3.46. The van der Waals surface area contributed by atoms with E-state index in [9.17, 15) is 4.79 Å². The molecule has 2 amide bonds. The molecule has 5 rings (SSSR count). The minimum atomic E-state index is 0.0424. The fraction of sp³-hybridized carbons (Fsp3) is 0.529. The molecule has 2 aromatic heterocycles. The molecule has 2 saturated heterocycles. The molecule has 0 atom stereocenters. The summed E-state index contributed by atoms with van der Waals surface area (Å²) in [5.41, 5.74) is 2.00. The van der Waals surface area contributed by atoms with Crippen molar-refractivity contribution in [1.29, 1.82) is 0 Å². The third-order valence-electron chi connectivity index (χ3n) is 5.34. The zero-order chi connectivity index (χ0) is 17.0. The predicted octanol–water partition coefficient (Wildman–Crippen LogP) is 1.48. The molecule has 1 aliphatic carbocycles. The summed E-state index contributed by atoms with van der Waals surface area (Å²) in [4.78, 5) is 17.8. The van der Waals surface area contributed by atoms with Crippen LogP contribution in [-0.2, 0) is 0 Å². The number of amides is 2. The number of aromatic nitrogens is 4. The van der Waals surface area contributed by atoms with Crippen molar-refractivity contribution in [2.24, 2.45) is 0 Å². The highest BCUT2D eigenvalue weighted by Crippen LogP contribution is 2.39. The molecule has 4 heterocycles. The Bertz CT molecular complexity index is 792. The van der Waals surface area contributed by atoms with Crippen LogP contribution in [0.4, 0.5) is 16.3 Å². The van der Waals surface area contributed by atoms with Crippen LogP contribution in [0.15, 0.2) is 24.5 Å². The number of rotatable bonds is 4. The summed E-state index contributed by atoms with van der Waals surface area (Å²) in [7, 11) is 1.83. The first kappa shape index (κ1) is 14.7. The van der Waals surface area contributed by atoms with E-state index in [0.29, 0.717) is 12.0 Å². The van der Waals surface area contributed by atoms with Crippen LogP contribution in [0.2, 0.25) is 0 Å². The Morgan fingerprint density at radius 2 is 1.96 bits per heavy atom. The molecule has 0 unspecified atom stereocenters. The van der Waals surface area contributed by atoms with E-state index >= 15 is 0 Å². The van der Waals surface area contributed by atoms with Gasteiger partial charge in [0.05, 0.1) is 23.6 Å². The maximum atomic E-state index is 12.1. The van der Waals surface area contributed by atoms with Crippen LogP contribution in [0.25, 0.3) is 0 Å². The van der Waals surface area contributed by atoms with Crippen molar-refractivity contribution in [1.82, 2.24) is 24.9 Å². The van der Waals surface area contributed by atoms with E-state index in [2.05, 4.69) is 32.3 Å². The maximum Gasteiger partial charge on any atom is 0.324 e. The smallest absolute Gasteiger partial charge is 0.324 e. The number of urea groups is 1. The van der Waals surface area contributed by atoms with Crippen LogP contribution >= 0.6 is 0 Å². The zero-order valence-electron chi connectivity index (χ0n) is 14.2. The maximum absolute atomic E-state index is 12.1. The lowest BCUT2D eigenvalue weighted by atomic mass is 10.1. The van der Waals surface area contributed by atoms with Crippen LogP contribution in [0.5, 0.6) is 0 Å². The van der Waals surface area contributed by atoms with Gasteiger partial charge in [0.15, 0.2) is 5.82 Å². The number of nitrogens with zero attached hydrogens (tertiary/aromatic N) is 7. The largest absolute Gasteiger partial charge is 0.351 e. The van der Waals surface area contributed by atoms with E-state index in [0.717, 1.165) is 43.4 Å². The molecule has 2 aliphatic heterocycles. The number of carbonyl (C=O) groups excluding carboxylic acids is 1. The van der Waals surface area contributed by atoms with Crippen LogP contribution < -0.4 is 9.80 Å². The summed E-state index contributed by atoms with van der Waals surface area (Å²) >= 11 is 0. The average molecular weight is 339 g/mol. The Labute approximate surface area is 146 Å². The van der Waals surface area contributed by atoms with Gasteiger partial charge in [-0.25, -0.2) is 4.79 Å². The normalized spacial score (nSPS) is 21.2. The molecule has 8 heteroatoms. The van der Waals surface area contributed by atoms with Gasteiger partial charge in [-0.3, -0.25) is 9.58 Å². The quantitative estimate of drug-likeness (QED) is 0.844. The summed E-state index contributed by atoms with van der Waals surface area (Å²) in [5, 5.41) is 13.2. The standard InChI is InChI=1S/C17H21N7O/c1-21-6-7-23(17(21)25)13-8-18-24(11-13)14-9-22(10-14)16-5-4-15(19-20-16)12-2-3-12/h4-5,8,11-12,14H,2-3,6-7,9-10H2,1H3. The van der Waals surface area contributed by atoms with E-state index in [4.69, 9.17) is 0 Å². The SMILES string of the molecule is CN1CCN(c2cnn(C3CN(c4ccc(C5CC5)nn4)C3)c2)C1=O. The van der Waals surface area contributed by atoms with Gasteiger partial charge in [-0.1, -0.05) is 0 Å². The van der Waals surface area contributed by atoms with Crippen molar-refractivity contribution in [2.45, 2.75) is 24.8 Å². The Balaban J connectivity index is 1.22. The van der Waals surface area contributed by atoms with Crippen LogP contribution in [0.3, 0.4) is 0 Å². The van der Waals surface area contributed by atoms with E-state index < -0.39 is 0 Å². The number of hydrogen-bond acceptors (Lipinski definition) is 5. The number of likely N-dealkylation sites (N-methyl/N-ethyl adjacent to an activating group) is 1. The second-order valence-electron chi connectivity index (χ2n) is 7.18. The van der Waals surface area contributed by atoms with E-state index in [1.54, 1.807) is 16.0 Å². The number of hydrogen-bond donors (Lipinski definition) is 0. The summed E-state index contributed by atoms with van der Waals surface area (Å²) < 4.78 is 1.96. The van der Waals surface area contributed by atoms with Gasteiger partial charge >= 0.3 is 6.03 Å². The van der Waals surface area contributed by atoms with Crippen LogP contribution in [0.1, 0.15) is 30.5 Å². The Morgan fingerprint density at radius 1 is 1.12 bits per heavy atom. The lowest BCUT2D eigenvalue weighted by Crippen LogP contribution is -2.48. The number of anilines is 2. The average Bonchev–Trinajstić information content (AvgIpc) is 3.24. The Morgan fingerprint density at radius 3 is 2.60 bits per heavy atom. The predicted molar refractivity (Wildman–Crippen MR) is 92.9 cm³/mol. The summed E-state index contributed by atoms with van der Waals surface area (Å²) in [6, 6.07) is 4.54. The highest BCUT2D eigenvalue weighted by atomic mass is 16.2. The molecule has 0 radical (unpaired) electrons. The lowest BCUT2D eigenvalue weighted by Gasteiger charge is -2.39. The fourth-order valence-electron chi connectivity index (χ4n) is 3.46. The molecule has 3 fully saturated rings. The van der Waals surface area contributed by atoms with Gasteiger partial charge in [0.1, 0.15) is 0 Å². The van der Waals surface area contributed by atoms with Crippen molar-refractivity contribution < 1.29 is 4.79 Å². The number of carbonyl (C=O) groups is 1. The molecular weight excluding hydrogens is 318 g/mol.